The zero-order valence-corrected chi connectivity index (χ0v) is 13.0. The fourth-order valence-electron chi connectivity index (χ4n) is 3.42. The summed E-state index contributed by atoms with van der Waals surface area (Å²) in [4.78, 5) is 0. The van der Waals surface area contributed by atoms with E-state index in [9.17, 15) is 0 Å². The fourth-order valence-corrected chi connectivity index (χ4v) is 3.42. The summed E-state index contributed by atoms with van der Waals surface area (Å²) in [5, 5.41) is 4.98. The Labute approximate surface area is 120 Å². The highest BCUT2D eigenvalue weighted by Gasteiger charge is 2.35. The van der Waals surface area contributed by atoms with Crippen molar-refractivity contribution in [2.24, 2.45) is 7.05 Å². The van der Waals surface area contributed by atoms with Gasteiger partial charge in [0.25, 0.3) is 0 Å². The average Bonchev–Trinajstić information content (AvgIpc) is 2.63. The van der Waals surface area contributed by atoms with E-state index in [4.69, 9.17) is 4.74 Å². The van der Waals surface area contributed by atoms with Crippen LogP contribution in [0.15, 0.2) is 24.3 Å². The molecule has 2 aromatic rings. The van der Waals surface area contributed by atoms with Crippen molar-refractivity contribution in [3.63, 3.8) is 0 Å². The Morgan fingerprint density at radius 3 is 2.70 bits per heavy atom. The number of hydrogen-bond donors (Lipinski definition) is 1. The second-order valence-corrected chi connectivity index (χ2v) is 6.62. The second-order valence-electron chi connectivity index (χ2n) is 6.62. The third kappa shape index (κ3) is 2.05. The van der Waals surface area contributed by atoms with Crippen LogP contribution in [-0.2, 0) is 11.8 Å². The third-order valence-electron chi connectivity index (χ3n) is 4.43. The largest absolute Gasteiger partial charge is 0.370 e. The van der Waals surface area contributed by atoms with Crippen LogP contribution in [0.5, 0.6) is 0 Å². The van der Waals surface area contributed by atoms with Crippen LogP contribution in [0, 0.1) is 6.92 Å². The summed E-state index contributed by atoms with van der Waals surface area (Å²) in [6.45, 7) is 9.52. The first kappa shape index (κ1) is 13.7. The van der Waals surface area contributed by atoms with Crippen molar-refractivity contribution in [3.8, 4) is 0 Å². The minimum absolute atomic E-state index is 0.0500. The van der Waals surface area contributed by atoms with Crippen LogP contribution in [0.1, 0.15) is 38.1 Å². The fraction of sp³-hybridized carbons (Fsp3) is 0.529. The summed E-state index contributed by atoms with van der Waals surface area (Å²) in [6.07, 6.45) is 0.120. The molecule has 1 aliphatic rings. The maximum atomic E-state index is 6.22. The number of nitrogens with one attached hydrogen (secondary N) is 1. The quantitative estimate of drug-likeness (QED) is 0.862. The molecule has 1 N–H and O–H groups in total. The Bertz CT molecular complexity index is 642. The zero-order chi connectivity index (χ0) is 14.5. The monoisotopic (exact) mass is 272 g/mol. The number of nitrogens with zero attached hydrogens (tertiary/aromatic N) is 1. The number of benzene rings is 1. The summed E-state index contributed by atoms with van der Waals surface area (Å²) in [7, 11) is 2.13. The molecule has 3 rings (SSSR count). The van der Waals surface area contributed by atoms with E-state index in [1.165, 1.54) is 22.2 Å². The topological polar surface area (TPSA) is 26.2 Å². The number of morpholine rings is 1. The number of aryl methyl sites for hydroxylation is 1. The highest BCUT2D eigenvalue weighted by molar-refractivity contribution is 5.86. The molecule has 0 radical (unpaired) electrons. The summed E-state index contributed by atoms with van der Waals surface area (Å²) < 4.78 is 8.48. The second kappa shape index (κ2) is 4.61. The average molecular weight is 272 g/mol. The normalized spacial score (nSPS) is 26.1. The Hall–Kier alpha value is -1.32. The lowest BCUT2D eigenvalue weighted by molar-refractivity contribution is -0.0492. The number of aromatic nitrogens is 1. The number of hydrogen-bond acceptors (Lipinski definition) is 2. The molecule has 20 heavy (non-hydrogen) atoms. The van der Waals surface area contributed by atoms with Crippen LogP contribution < -0.4 is 5.32 Å². The van der Waals surface area contributed by atoms with Gasteiger partial charge in [0.2, 0.25) is 0 Å². The predicted molar refractivity (Wildman–Crippen MR) is 83.0 cm³/mol. The molecule has 0 bridgehead atoms. The highest BCUT2D eigenvalue weighted by Crippen LogP contribution is 2.36. The Balaban J connectivity index is 2.09. The summed E-state index contributed by atoms with van der Waals surface area (Å²) in [6, 6.07) is 8.89. The van der Waals surface area contributed by atoms with E-state index < -0.39 is 0 Å². The van der Waals surface area contributed by atoms with Gasteiger partial charge < -0.3 is 14.6 Å². The minimum atomic E-state index is 0.0500. The van der Waals surface area contributed by atoms with Crippen molar-refractivity contribution in [2.75, 3.05) is 6.61 Å². The van der Waals surface area contributed by atoms with Gasteiger partial charge in [-0.1, -0.05) is 18.2 Å². The zero-order valence-electron chi connectivity index (χ0n) is 13.0. The Kier molecular flexibility index (Phi) is 3.14. The Morgan fingerprint density at radius 1 is 1.30 bits per heavy atom. The molecule has 2 heterocycles. The van der Waals surface area contributed by atoms with Crippen LogP contribution in [0.3, 0.4) is 0 Å². The number of fused-ring (bicyclic) bond motifs is 1. The van der Waals surface area contributed by atoms with Crippen LogP contribution in [0.2, 0.25) is 0 Å². The van der Waals surface area contributed by atoms with E-state index >= 15 is 0 Å². The molecule has 0 amide bonds. The molecule has 3 nitrogen and oxygen atoms in total. The lowest BCUT2D eigenvalue weighted by atomic mass is 9.94. The summed E-state index contributed by atoms with van der Waals surface area (Å²) in [5.41, 5.74) is 3.96. The van der Waals surface area contributed by atoms with E-state index in [0.29, 0.717) is 6.04 Å². The van der Waals surface area contributed by atoms with Gasteiger partial charge in [-0.2, -0.15) is 0 Å². The lowest BCUT2D eigenvalue weighted by Crippen LogP contribution is -2.55. The van der Waals surface area contributed by atoms with E-state index in [-0.39, 0.29) is 11.6 Å². The van der Waals surface area contributed by atoms with Crippen LogP contribution in [-0.4, -0.2) is 22.8 Å². The van der Waals surface area contributed by atoms with Crippen molar-refractivity contribution in [1.82, 2.24) is 9.88 Å². The van der Waals surface area contributed by atoms with Gasteiger partial charge in [-0.25, -0.2) is 0 Å². The molecule has 3 heteroatoms. The molecule has 1 saturated heterocycles. The standard InChI is InChI=1S/C17H24N2O/c1-11-16(20-10-17(3,4)18-11)15-12(2)19(5)14-9-7-6-8-13(14)15/h6-9,11,16,18H,10H2,1-5H3. The van der Waals surface area contributed by atoms with Gasteiger partial charge in [0, 0.05) is 40.8 Å². The van der Waals surface area contributed by atoms with E-state index in [1.54, 1.807) is 0 Å². The van der Waals surface area contributed by atoms with Gasteiger partial charge in [0.1, 0.15) is 0 Å². The predicted octanol–water partition coefficient (Wildman–Crippen LogP) is 3.31. The molecule has 1 aromatic carbocycles. The van der Waals surface area contributed by atoms with Crippen molar-refractivity contribution in [3.05, 3.63) is 35.5 Å². The van der Waals surface area contributed by atoms with Crippen LogP contribution in [0.25, 0.3) is 10.9 Å². The first-order valence-corrected chi connectivity index (χ1v) is 7.34. The number of ether oxygens (including phenoxy) is 1. The molecule has 0 saturated carbocycles. The van der Waals surface area contributed by atoms with Gasteiger partial charge in [0.05, 0.1) is 12.7 Å². The van der Waals surface area contributed by atoms with Gasteiger partial charge in [-0.15, -0.1) is 0 Å². The maximum absolute atomic E-state index is 6.22. The molecule has 2 atom stereocenters. The highest BCUT2D eigenvalue weighted by atomic mass is 16.5. The lowest BCUT2D eigenvalue weighted by Gasteiger charge is -2.41. The van der Waals surface area contributed by atoms with E-state index in [1.807, 2.05) is 0 Å². The number of rotatable bonds is 1. The molecule has 2 unspecified atom stereocenters. The molecule has 0 spiro atoms. The van der Waals surface area contributed by atoms with Gasteiger partial charge in [-0.3, -0.25) is 0 Å². The molecule has 1 fully saturated rings. The minimum Gasteiger partial charge on any atom is -0.370 e. The molecular formula is C17H24N2O. The third-order valence-corrected chi connectivity index (χ3v) is 4.43. The molecule has 1 aliphatic heterocycles. The Morgan fingerprint density at radius 2 is 2.00 bits per heavy atom. The van der Waals surface area contributed by atoms with Gasteiger partial charge in [0.15, 0.2) is 0 Å². The maximum Gasteiger partial charge on any atom is 0.0999 e. The SMILES string of the molecule is Cc1c(C2OCC(C)(C)NC2C)c2ccccc2n1C. The van der Waals surface area contributed by atoms with Gasteiger partial charge in [-0.05, 0) is 33.8 Å². The molecule has 0 aliphatic carbocycles. The van der Waals surface area contributed by atoms with Crippen LogP contribution in [0.4, 0.5) is 0 Å². The summed E-state index contributed by atoms with van der Waals surface area (Å²) >= 11 is 0. The van der Waals surface area contributed by atoms with Crippen LogP contribution >= 0.6 is 0 Å². The molecular weight excluding hydrogens is 248 g/mol. The molecule has 1 aromatic heterocycles. The molecule has 108 valence electrons. The van der Waals surface area contributed by atoms with Crippen molar-refractivity contribution < 1.29 is 4.74 Å². The van der Waals surface area contributed by atoms with Crippen molar-refractivity contribution in [1.29, 1.82) is 0 Å². The summed E-state index contributed by atoms with van der Waals surface area (Å²) in [5.74, 6) is 0. The van der Waals surface area contributed by atoms with Crippen molar-refractivity contribution in [2.45, 2.75) is 45.4 Å². The number of para-hydroxylation sites is 1. The first-order valence-electron chi connectivity index (χ1n) is 7.34. The van der Waals surface area contributed by atoms with E-state index in [2.05, 4.69) is 68.9 Å². The first-order chi connectivity index (χ1) is 9.41. The smallest absolute Gasteiger partial charge is 0.0999 e. The van der Waals surface area contributed by atoms with Crippen molar-refractivity contribution >= 4 is 10.9 Å². The van der Waals surface area contributed by atoms with Gasteiger partial charge >= 0.3 is 0 Å². The van der Waals surface area contributed by atoms with E-state index in [0.717, 1.165) is 6.61 Å².